The van der Waals surface area contributed by atoms with Crippen LogP contribution < -0.4 is 9.47 Å². The van der Waals surface area contributed by atoms with Crippen molar-refractivity contribution in [3.63, 3.8) is 0 Å². The molecule has 5 nitrogen and oxygen atoms in total. The number of rotatable bonds is 12. The summed E-state index contributed by atoms with van der Waals surface area (Å²) in [7, 11) is 3.30. The lowest BCUT2D eigenvalue weighted by atomic mass is 9.80. The molecule has 0 aliphatic heterocycles. The second kappa shape index (κ2) is 12.8. The molecule has 5 heteroatoms. The van der Waals surface area contributed by atoms with Crippen LogP contribution in [0.2, 0.25) is 0 Å². The van der Waals surface area contributed by atoms with E-state index in [1.165, 1.54) is 32.3 Å². The van der Waals surface area contributed by atoms with Crippen LogP contribution in [-0.4, -0.2) is 38.6 Å². The van der Waals surface area contributed by atoms with E-state index in [2.05, 4.69) is 54.6 Å². The number of ether oxygens (including phenoxy) is 4. The summed E-state index contributed by atoms with van der Waals surface area (Å²) in [6.45, 7) is 0.551. The predicted octanol–water partition coefficient (Wildman–Crippen LogP) is 8.49. The number of benzene rings is 7. The van der Waals surface area contributed by atoms with Crippen LogP contribution in [0.15, 0.2) is 133 Å². The van der Waals surface area contributed by atoms with Gasteiger partial charge in [0.2, 0.25) is 0 Å². The highest BCUT2D eigenvalue weighted by Gasteiger charge is 2.38. The Bertz CT molecular complexity index is 1990. The molecule has 0 saturated carbocycles. The standard InChI is InChI=1S/C41H36O5/c1-43-36-20-16-33(17-21-36)41(32-9-4-3-5-10-32,34-18-22-37(44-2)23-19-34)46-27-35(42)26-45-25-31-14-13-30-12-11-28-7-6-8-29-15-24-38(31)40(30)39(28)29/h3-24,35,42H,25-27H2,1-2H3/t35-/m0/s1. The lowest BCUT2D eigenvalue weighted by Crippen LogP contribution is -2.36. The molecule has 46 heavy (non-hydrogen) atoms. The maximum Gasteiger partial charge on any atom is 0.143 e. The fraction of sp³-hybridized carbons (Fsp3) is 0.171. The number of aliphatic hydroxyl groups is 1. The molecule has 0 fully saturated rings. The SMILES string of the molecule is COc1ccc(C(OC[C@@H](O)COCc2ccc3ccc4cccc5ccc2c3c45)(c2ccccc2)c2ccc(OC)cc2)cc1. The van der Waals surface area contributed by atoms with Gasteiger partial charge in [-0.2, -0.15) is 0 Å². The van der Waals surface area contributed by atoms with Gasteiger partial charge in [0.1, 0.15) is 23.2 Å². The van der Waals surface area contributed by atoms with Crippen LogP contribution in [0.3, 0.4) is 0 Å². The number of aliphatic hydroxyl groups excluding tert-OH is 1. The average molecular weight is 609 g/mol. The molecule has 0 aromatic heterocycles. The lowest BCUT2D eigenvalue weighted by Gasteiger charge is -2.36. The number of hydrogen-bond donors (Lipinski definition) is 1. The number of hydrogen-bond acceptors (Lipinski definition) is 5. The van der Waals surface area contributed by atoms with E-state index in [4.69, 9.17) is 18.9 Å². The van der Waals surface area contributed by atoms with Gasteiger partial charge in [0.15, 0.2) is 0 Å². The molecular weight excluding hydrogens is 572 g/mol. The minimum absolute atomic E-state index is 0.0471. The Hall–Kier alpha value is -4.94. The summed E-state index contributed by atoms with van der Waals surface area (Å²) in [5.41, 5.74) is 2.84. The van der Waals surface area contributed by atoms with E-state index in [9.17, 15) is 5.11 Å². The fourth-order valence-corrected chi connectivity index (χ4v) is 6.57. The van der Waals surface area contributed by atoms with Gasteiger partial charge in [0.05, 0.1) is 34.0 Å². The van der Waals surface area contributed by atoms with Crippen LogP contribution in [-0.2, 0) is 21.7 Å². The Balaban J connectivity index is 1.15. The van der Waals surface area contributed by atoms with Gasteiger partial charge in [-0.1, -0.05) is 109 Å². The molecule has 0 aliphatic carbocycles. The monoisotopic (exact) mass is 608 g/mol. The molecular formula is C41H36O5. The molecule has 0 heterocycles. The van der Waals surface area contributed by atoms with E-state index >= 15 is 0 Å². The molecule has 0 saturated heterocycles. The molecule has 0 radical (unpaired) electrons. The summed E-state index contributed by atoms with van der Waals surface area (Å²) in [4.78, 5) is 0. The Morgan fingerprint density at radius 2 is 1.09 bits per heavy atom. The summed E-state index contributed by atoms with van der Waals surface area (Å²) in [5, 5.41) is 18.6. The van der Waals surface area contributed by atoms with Crippen molar-refractivity contribution in [3.05, 3.63) is 156 Å². The minimum atomic E-state index is -1.01. The van der Waals surface area contributed by atoms with Crippen molar-refractivity contribution in [1.29, 1.82) is 0 Å². The van der Waals surface area contributed by atoms with Crippen LogP contribution in [0, 0.1) is 0 Å². The van der Waals surface area contributed by atoms with Gasteiger partial charge in [-0.3, -0.25) is 0 Å². The van der Waals surface area contributed by atoms with E-state index in [0.717, 1.165) is 33.8 Å². The van der Waals surface area contributed by atoms with Gasteiger partial charge >= 0.3 is 0 Å². The topological polar surface area (TPSA) is 57.2 Å². The van der Waals surface area contributed by atoms with E-state index in [-0.39, 0.29) is 13.2 Å². The van der Waals surface area contributed by atoms with Crippen LogP contribution in [0.4, 0.5) is 0 Å². The first-order chi connectivity index (χ1) is 22.6. The minimum Gasteiger partial charge on any atom is -0.497 e. The first kappa shape index (κ1) is 29.8. The fourth-order valence-electron chi connectivity index (χ4n) is 6.57. The third-order valence-corrected chi connectivity index (χ3v) is 8.85. The second-order valence-electron chi connectivity index (χ2n) is 11.6. The van der Waals surface area contributed by atoms with Gasteiger partial charge in [-0.15, -0.1) is 0 Å². The van der Waals surface area contributed by atoms with E-state index in [0.29, 0.717) is 6.61 Å². The average Bonchev–Trinajstić information content (AvgIpc) is 3.12. The quantitative estimate of drug-likeness (QED) is 0.111. The first-order valence-corrected chi connectivity index (χ1v) is 15.5. The molecule has 0 spiro atoms. The Morgan fingerprint density at radius 1 is 0.543 bits per heavy atom. The molecule has 230 valence electrons. The molecule has 1 N–H and O–H groups in total. The molecule has 7 aromatic carbocycles. The van der Waals surface area contributed by atoms with Gasteiger partial charge in [-0.05, 0) is 78.8 Å². The zero-order valence-corrected chi connectivity index (χ0v) is 26.0. The van der Waals surface area contributed by atoms with Crippen molar-refractivity contribution < 1.29 is 24.1 Å². The van der Waals surface area contributed by atoms with Crippen LogP contribution in [0.5, 0.6) is 11.5 Å². The van der Waals surface area contributed by atoms with Crippen molar-refractivity contribution in [2.75, 3.05) is 27.4 Å². The molecule has 7 aromatic rings. The van der Waals surface area contributed by atoms with Gasteiger partial charge in [0, 0.05) is 0 Å². The molecule has 7 rings (SSSR count). The predicted molar refractivity (Wildman–Crippen MR) is 184 cm³/mol. The highest BCUT2D eigenvalue weighted by atomic mass is 16.5. The van der Waals surface area contributed by atoms with Gasteiger partial charge in [-0.25, -0.2) is 0 Å². The Labute approximate surface area is 268 Å². The summed E-state index contributed by atoms with van der Waals surface area (Å²) in [5.74, 6) is 1.50. The molecule has 0 bridgehead atoms. The highest BCUT2D eigenvalue weighted by molar-refractivity contribution is 6.23. The third kappa shape index (κ3) is 5.43. The summed E-state index contributed by atoms with van der Waals surface area (Å²) < 4.78 is 23.9. The zero-order chi connectivity index (χ0) is 31.5. The summed E-state index contributed by atoms with van der Waals surface area (Å²) >= 11 is 0. The highest BCUT2D eigenvalue weighted by Crippen LogP contribution is 2.42. The first-order valence-electron chi connectivity index (χ1n) is 15.5. The van der Waals surface area contributed by atoms with Gasteiger partial charge < -0.3 is 24.1 Å². The van der Waals surface area contributed by atoms with Crippen LogP contribution in [0.1, 0.15) is 22.3 Å². The van der Waals surface area contributed by atoms with Crippen molar-refractivity contribution in [1.82, 2.24) is 0 Å². The third-order valence-electron chi connectivity index (χ3n) is 8.85. The molecule has 1 atom stereocenters. The lowest BCUT2D eigenvalue weighted by molar-refractivity contribution is -0.0661. The van der Waals surface area contributed by atoms with E-state index in [1.807, 2.05) is 78.9 Å². The van der Waals surface area contributed by atoms with Crippen molar-refractivity contribution in [2.45, 2.75) is 18.3 Å². The Kier molecular flexibility index (Phi) is 8.29. The molecule has 0 amide bonds. The van der Waals surface area contributed by atoms with Crippen molar-refractivity contribution in [3.8, 4) is 11.5 Å². The van der Waals surface area contributed by atoms with Crippen LogP contribution in [0.25, 0.3) is 32.3 Å². The maximum atomic E-state index is 11.2. The van der Waals surface area contributed by atoms with E-state index < -0.39 is 11.7 Å². The zero-order valence-electron chi connectivity index (χ0n) is 26.0. The molecule has 0 unspecified atom stereocenters. The number of methoxy groups -OCH3 is 2. The summed E-state index contributed by atoms with van der Waals surface area (Å²) in [6, 6.07) is 45.2. The smallest absolute Gasteiger partial charge is 0.143 e. The van der Waals surface area contributed by atoms with Crippen molar-refractivity contribution in [2.24, 2.45) is 0 Å². The van der Waals surface area contributed by atoms with Crippen LogP contribution >= 0.6 is 0 Å². The largest absolute Gasteiger partial charge is 0.497 e. The second-order valence-corrected chi connectivity index (χ2v) is 11.6. The maximum absolute atomic E-state index is 11.2. The van der Waals surface area contributed by atoms with Crippen molar-refractivity contribution >= 4 is 32.3 Å². The van der Waals surface area contributed by atoms with Gasteiger partial charge in [0.25, 0.3) is 0 Å². The Morgan fingerprint density at radius 3 is 1.70 bits per heavy atom. The summed E-state index contributed by atoms with van der Waals surface area (Å²) in [6.07, 6.45) is -0.862. The molecule has 0 aliphatic rings. The normalized spacial score (nSPS) is 12.6. The van der Waals surface area contributed by atoms with E-state index in [1.54, 1.807) is 14.2 Å².